The molecule has 2 aromatic heterocycles. The van der Waals surface area contributed by atoms with E-state index in [1.807, 2.05) is 30.3 Å². The number of fused-ring (bicyclic) bond motifs is 1. The Morgan fingerprint density at radius 1 is 1.07 bits per heavy atom. The van der Waals surface area contributed by atoms with Crippen molar-refractivity contribution in [3.63, 3.8) is 0 Å². The number of benzene rings is 2. The number of hydrogen-bond donors (Lipinski definition) is 1. The number of nitrogens with zero attached hydrogens (tertiary/aromatic N) is 4. The lowest BCUT2D eigenvalue weighted by Crippen LogP contribution is -2.10. The average molecular weight is 404 g/mol. The number of aromatic amines is 1. The van der Waals surface area contributed by atoms with Crippen LogP contribution < -0.4 is 0 Å². The molecule has 2 aromatic carbocycles. The van der Waals surface area contributed by atoms with Gasteiger partial charge in [-0.2, -0.15) is 0 Å². The predicted octanol–water partition coefficient (Wildman–Crippen LogP) is 5.60. The number of para-hydroxylation sites is 2. The molecule has 0 atom stereocenters. The number of allylic oxidation sites excluding steroid dienone is 1. The molecule has 5 nitrogen and oxygen atoms in total. The molecule has 0 unspecified atom stereocenters. The summed E-state index contributed by atoms with van der Waals surface area (Å²) in [5.41, 5.74) is 4.52. The highest BCUT2D eigenvalue weighted by Crippen LogP contribution is 2.29. The number of nitrogens with one attached hydrogen (secondary N) is 1. The molecule has 0 spiro atoms. The third-order valence-electron chi connectivity index (χ3n) is 4.81. The smallest absolute Gasteiger partial charge is 0.192 e. The lowest BCUT2D eigenvalue weighted by Gasteiger charge is -2.19. The maximum atomic E-state index is 4.65. The van der Waals surface area contributed by atoms with Crippen molar-refractivity contribution in [2.24, 2.45) is 0 Å². The third kappa shape index (κ3) is 4.12. The van der Waals surface area contributed by atoms with E-state index in [0.29, 0.717) is 12.3 Å². The van der Waals surface area contributed by atoms with E-state index in [9.17, 15) is 0 Å². The van der Waals surface area contributed by atoms with Crippen LogP contribution in [-0.2, 0) is 17.7 Å². The standard InChI is InChI=1S/C23H25N5S/c1-5-14-28-21(16-10-12-17(13-11-16)23(2,3)4)26-27-22(28)29-15-20-24-18-8-6-7-9-19(18)25-20/h5-13H,1,14-15H2,2-4H3,(H,24,25). The molecule has 6 heteroatoms. The molecule has 29 heavy (non-hydrogen) atoms. The Balaban J connectivity index is 1.58. The van der Waals surface area contributed by atoms with E-state index < -0.39 is 0 Å². The highest BCUT2D eigenvalue weighted by Gasteiger charge is 2.17. The Morgan fingerprint density at radius 3 is 2.52 bits per heavy atom. The first-order chi connectivity index (χ1) is 14.0. The number of rotatable bonds is 6. The van der Waals surface area contributed by atoms with Crippen LogP contribution in [0.5, 0.6) is 0 Å². The number of H-pyrrole nitrogens is 1. The van der Waals surface area contributed by atoms with Gasteiger partial charge in [0.15, 0.2) is 11.0 Å². The lowest BCUT2D eigenvalue weighted by molar-refractivity contribution is 0.590. The summed E-state index contributed by atoms with van der Waals surface area (Å²) >= 11 is 1.63. The van der Waals surface area contributed by atoms with E-state index in [2.05, 4.69) is 76.3 Å². The van der Waals surface area contributed by atoms with Gasteiger partial charge >= 0.3 is 0 Å². The summed E-state index contributed by atoms with van der Waals surface area (Å²) in [6.07, 6.45) is 1.88. The molecular weight excluding hydrogens is 378 g/mol. The van der Waals surface area contributed by atoms with E-state index in [4.69, 9.17) is 0 Å². The highest BCUT2D eigenvalue weighted by atomic mass is 32.2. The zero-order valence-corrected chi connectivity index (χ0v) is 17.8. The third-order valence-corrected chi connectivity index (χ3v) is 5.79. The SMILES string of the molecule is C=CCn1c(SCc2nc3ccccc3[nH]2)nnc1-c1ccc(C(C)(C)C)cc1. The van der Waals surface area contributed by atoms with Crippen molar-refractivity contribution >= 4 is 22.8 Å². The largest absolute Gasteiger partial charge is 0.341 e. The van der Waals surface area contributed by atoms with Crippen LogP contribution in [0.15, 0.2) is 66.3 Å². The van der Waals surface area contributed by atoms with Crippen LogP contribution in [0.1, 0.15) is 32.2 Å². The minimum absolute atomic E-state index is 0.126. The number of thioether (sulfide) groups is 1. The second-order valence-corrected chi connectivity index (χ2v) is 8.96. The number of hydrogen-bond acceptors (Lipinski definition) is 4. The molecule has 0 bridgehead atoms. The fourth-order valence-electron chi connectivity index (χ4n) is 3.23. The lowest BCUT2D eigenvalue weighted by atomic mass is 9.87. The molecule has 148 valence electrons. The summed E-state index contributed by atoms with van der Waals surface area (Å²) in [5, 5.41) is 9.76. The van der Waals surface area contributed by atoms with Crippen molar-refractivity contribution in [1.82, 2.24) is 24.7 Å². The zero-order valence-electron chi connectivity index (χ0n) is 17.0. The first-order valence-corrected chi connectivity index (χ1v) is 10.7. The maximum absolute atomic E-state index is 4.65. The first-order valence-electron chi connectivity index (χ1n) is 9.67. The van der Waals surface area contributed by atoms with Gasteiger partial charge in [0.2, 0.25) is 0 Å². The van der Waals surface area contributed by atoms with E-state index in [0.717, 1.165) is 33.4 Å². The summed E-state index contributed by atoms with van der Waals surface area (Å²) in [4.78, 5) is 8.01. The average Bonchev–Trinajstić information content (AvgIpc) is 3.29. The van der Waals surface area contributed by atoms with Gasteiger partial charge in [-0.25, -0.2) is 4.98 Å². The molecule has 0 fully saturated rings. The molecule has 1 N–H and O–H groups in total. The van der Waals surface area contributed by atoms with Gasteiger partial charge in [0.1, 0.15) is 5.82 Å². The van der Waals surface area contributed by atoms with Crippen LogP contribution in [0.25, 0.3) is 22.4 Å². The van der Waals surface area contributed by atoms with Gasteiger partial charge in [0.05, 0.1) is 16.8 Å². The van der Waals surface area contributed by atoms with Crippen molar-refractivity contribution in [2.75, 3.05) is 0 Å². The van der Waals surface area contributed by atoms with E-state index in [1.54, 1.807) is 11.8 Å². The van der Waals surface area contributed by atoms with Gasteiger partial charge in [0.25, 0.3) is 0 Å². The zero-order chi connectivity index (χ0) is 20.4. The minimum Gasteiger partial charge on any atom is -0.341 e. The normalized spacial score (nSPS) is 11.8. The molecule has 0 saturated carbocycles. The van der Waals surface area contributed by atoms with Gasteiger partial charge < -0.3 is 4.98 Å². The van der Waals surface area contributed by atoms with Crippen LogP contribution in [0.4, 0.5) is 0 Å². The van der Waals surface area contributed by atoms with Crippen molar-refractivity contribution in [1.29, 1.82) is 0 Å². The topological polar surface area (TPSA) is 59.4 Å². The molecular formula is C23H25N5S. The molecule has 0 aliphatic rings. The van der Waals surface area contributed by atoms with E-state index in [1.165, 1.54) is 5.56 Å². The Hall–Kier alpha value is -2.86. The van der Waals surface area contributed by atoms with Crippen LogP contribution in [0.3, 0.4) is 0 Å². The van der Waals surface area contributed by atoms with Crippen molar-refractivity contribution in [3.05, 3.63) is 72.6 Å². The van der Waals surface area contributed by atoms with E-state index >= 15 is 0 Å². The van der Waals surface area contributed by atoms with Gasteiger partial charge in [-0.05, 0) is 23.1 Å². The van der Waals surface area contributed by atoms with Gasteiger partial charge in [-0.3, -0.25) is 4.57 Å². The fraction of sp³-hybridized carbons (Fsp3) is 0.261. The molecule has 0 radical (unpaired) electrons. The van der Waals surface area contributed by atoms with Gasteiger partial charge in [-0.1, -0.05) is 75.0 Å². The summed E-state index contributed by atoms with van der Waals surface area (Å²) in [6.45, 7) is 11.2. The minimum atomic E-state index is 0.126. The molecule has 0 aliphatic heterocycles. The molecule has 0 aliphatic carbocycles. The van der Waals surface area contributed by atoms with Gasteiger partial charge in [-0.15, -0.1) is 16.8 Å². The monoisotopic (exact) mass is 403 g/mol. The van der Waals surface area contributed by atoms with Crippen LogP contribution in [0.2, 0.25) is 0 Å². The molecule has 2 heterocycles. The fourth-order valence-corrected chi connectivity index (χ4v) is 4.05. The second-order valence-electron chi connectivity index (χ2n) is 8.02. The number of aromatic nitrogens is 5. The summed E-state index contributed by atoms with van der Waals surface area (Å²) < 4.78 is 2.10. The predicted molar refractivity (Wildman–Crippen MR) is 120 cm³/mol. The molecule has 0 amide bonds. The van der Waals surface area contributed by atoms with E-state index in [-0.39, 0.29) is 5.41 Å². The highest BCUT2D eigenvalue weighted by molar-refractivity contribution is 7.98. The summed E-state index contributed by atoms with van der Waals surface area (Å²) in [5.74, 6) is 2.49. The Labute approximate surface area is 175 Å². The van der Waals surface area contributed by atoms with Crippen LogP contribution in [0, 0.1) is 0 Å². The van der Waals surface area contributed by atoms with Crippen molar-refractivity contribution < 1.29 is 0 Å². The van der Waals surface area contributed by atoms with Gasteiger partial charge in [0, 0.05) is 12.1 Å². The molecule has 0 saturated heterocycles. The van der Waals surface area contributed by atoms with Crippen molar-refractivity contribution in [3.8, 4) is 11.4 Å². The Bertz CT molecular complexity index is 1100. The Morgan fingerprint density at radius 2 is 1.83 bits per heavy atom. The maximum Gasteiger partial charge on any atom is 0.192 e. The van der Waals surface area contributed by atoms with Crippen molar-refractivity contribution in [2.45, 2.75) is 43.6 Å². The first kappa shape index (κ1) is 19.5. The molecule has 4 aromatic rings. The van der Waals surface area contributed by atoms with Crippen LogP contribution >= 0.6 is 11.8 Å². The molecule has 4 rings (SSSR count). The number of imidazole rings is 1. The Kier molecular flexibility index (Phi) is 5.28. The summed E-state index contributed by atoms with van der Waals surface area (Å²) in [6, 6.07) is 16.6. The summed E-state index contributed by atoms with van der Waals surface area (Å²) in [7, 11) is 0. The van der Waals surface area contributed by atoms with Crippen LogP contribution in [-0.4, -0.2) is 24.7 Å². The second kappa shape index (κ2) is 7.87. The quantitative estimate of drug-likeness (QED) is 0.336.